The van der Waals surface area contributed by atoms with E-state index in [1.807, 2.05) is 0 Å². The second-order valence-electron chi connectivity index (χ2n) is 7.46. The molecule has 4 aromatic rings. The van der Waals surface area contributed by atoms with Crippen LogP contribution in [0.1, 0.15) is 11.3 Å². The first-order valence-electron chi connectivity index (χ1n) is 9.62. The van der Waals surface area contributed by atoms with Gasteiger partial charge in [-0.25, -0.2) is 14.2 Å². The first kappa shape index (κ1) is 23.4. The van der Waals surface area contributed by atoms with E-state index in [9.17, 15) is 31.9 Å². The van der Waals surface area contributed by atoms with E-state index in [2.05, 4.69) is 15.4 Å². The van der Waals surface area contributed by atoms with Crippen molar-refractivity contribution in [3.8, 4) is 11.3 Å². The third kappa shape index (κ3) is 4.11. The van der Waals surface area contributed by atoms with Gasteiger partial charge in [-0.05, 0) is 18.2 Å². The van der Waals surface area contributed by atoms with E-state index in [0.717, 1.165) is 28.0 Å². The summed E-state index contributed by atoms with van der Waals surface area (Å²) in [5.41, 5.74) is -1.96. The molecular weight excluding hydrogens is 480 g/mol. The number of amides is 1. The van der Waals surface area contributed by atoms with Crippen LogP contribution in [-0.2, 0) is 38.5 Å². The molecule has 0 aliphatic heterocycles. The van der Waals surface area contributed by atoms with E-state index >= 15 is 0 Å². The van der Waals surface area contributed by atoms with Crippen molar-refractivity contribution in [2.24, 2.45) is 21.1 Å². The molecule has 3 heterocycles. The molecular formula is C20H16F4N6O3S. The first-order valence-corrected chi connectivity index (χ1v) is 10.5. The summed E-state index contributed by atoms with van der Waals surface area (Å²) in [5.74, 6) is -1.64. The Bertz CT molecular complexity index is 1560. The SMILES string of the molecule is Cn1nc2c(c1CC(=O)Nc1nc(-c3cc(F)cc(C(F)(F)F)c3)cs1)c(=O)n(C)c(=O)n2C. The van der Waals surface area contributed by atoms with E-state index in [1.54, 1.807) is 0 Å². The van der Waals surface area contributed by atoms with Crippen LogP contribution in [0.5, 0.6) is 0 Å². The number of hydrogen-bond acceptors (Lipinski definition) is 6. The molecule has 0 saturated carbocycles. The van der Waals surface area contributed by atoms with Crippen LogP contribution in [-0.4, -0.2) is 29.8 Å². The number of hydrogen-bond donors (Lipinski definition) is 1. The van der Waals surface area contributed by atoms with Gasteiger partial charge in [0, 0.05) is 32.1 Å². The fourth-order valence-corrected chi connectivity index (χ4v) is 4.19. The van der Waals surface area contributed by atoms with Crippen molar-refractivity contribution < 1.29 is 22.4 Å². The summed E-state index contributed by atoms with van der Waals surface area (Å²) < 4.78 is 56.0. The summed E-state index contributed by atoms with van der Waals surface area (Å²) in [6, 6.07) is 2.07. The fourth-order valence-electron chi connectivity index (χ4n) is 3.45. The monoisotopic (exact) mass is 496 g/mol. The van der Waals surface area contributed by atoms with E-state index in [1.165, 1.54) is 35.8 Å². The zero-order valence-corrected chi connectivity index (χ0v) is 18.7. The number of carbonyl (C=O) groups excluding carboxylic acids is 1. The predicted molar refractivity (Wildman–Crippen MR) is 116 cm³/mol. The molecule has 0 aliphatic carbocycles. The molecule has 3 aromatic heterocycles. The Morgan fingerprint density at radius 3 is 2.50 bits per heavy atom. The van der Waals surface area contributed by atoms with Crippen molar-refractivity contribution >= 4 is 33.4 Å². The van der Waals surface area contributed by atoms with Gasteiger partial charge >= 0.3 is 11.9 Å². The third-order valence-corrected chi connectivity index (χ3v) is 5.91. The average molecular weight is 496 g/mol. The molecule has 0 atom stereocenters. The van der Waals surface area contributed by atoms with Gasteiger partial charge in [0.25, 0.3) is 5.56 Å². The maximum atomic E-state index is 13.7. The van der Waals surface area contributed by atoms with Crippen molar-refractivity contribution in [2.75, 3.05) is 5.32 Å². The molecule has 0 radical (unpaired) electrons. The molecule has 0 bridgehead atoms. The lowest BCUT2D eigenvalue weighted by Crippen LogP contribution is -2.37. The molecule has 0 aliphatic rings. The number of aryl methyl sites for hydroxylation is 2. The number of carbonyl (C=O) groups is 1. The second-order valence-corrected chi connectivity index (χ2v) is 8.32. The highest BCUT2D eigenvalue weighted by Crippen LogP contribution is 2.34. The van der Waals surface area contributed by atoms with E-state index in [-0.39, 0.29) is 39.5 Å². The van der Waals surface area contributed by atoms with Crippen molar-refractivity contribution in [3.63, 3.8) is 0 Å². The maximum absolute atomic E-state index is 13.7. The van der Waals surface area contributed by atoms with Gasteiger partial charge in [-0.2, -0.15) is 18.3 Å². The number of nitrogens with one attached hydrogen (secondary N) is 1. The fraction of sp³-hybridized carbons (Fsp3) is 0.250. The highest BCUT2D eigenvalue weighted by atomic mass is 32.1. The van der Waals surface area contributed by atoms with E-state index < -0.39 is 34.7 Å². The number of aromatic nitrogens is 5. The van der Waals surface area contributed by atoms with Crippen molar-refractivity contribution in [1.29, 1.82) is 0 Å². The van der Waals surface area contributed by atoms with Crippen LogP contribution in [0.15, 0.2) is 33.2 Å². The predicted octanol–water partition coefficient (Wildman–Crippen LogP) is 2.43. The van der Waals surface area contributed by atoms with Crippen molar-refractivity contribution in [3.05, 3.63) is 61.5 Å². The van der Waals surface area contributed by atoms with Crippen LogP contribution < -0.4 is 16.6 Å². The Morgan fingerprint density at radius 1 is 1.12 bits per heavy atom. The summed E-state index contributed by atoms with van der Waals surface area (Å²) >= 11 is 0.942. The number of nitrogens with zero attached hydrogens (tertiary/aromatic N) is 5. The number of rotatable bonds is 4. The lowest BCUT2D eigenvalue weighted by Gasteiger charge is -2.08. The molecule has 9 nitrogen and oxygen atoms in total. The maximum Gasteiger partial charge on any atom is 0.416 e. The highest BCUT2D eigenvalue weighted by Gasteiger charge is 2.31. The van der Waals surface area contributed by atoms with Gasteiger partial charge in [0.2, 0.25) is 5.91 Å². The van der Waals surface area contributed by atoms with Crippen LogP contribution in [0, 0.1) is 5.82 Å². The number of benzene rings is 1. The number of thiazole rings is 1. The van der Waals surface area contributed by atoms with Crippen LogP contribution in [0.25, 0.3) is 22.3 Å². The van der Waals surface area contributed by atoms with Gasteiger partial charge in [-0.15, -0.1) is 11.3 Å². The molecule has 1 aromatic carbocycles. The molecule has 1 amide bonds. The Labute approximate surface area is 191 Å². The minimum absolute atomic E-state index is 0.0557. The van der Waals surface area contributed by atoms with E-state index in [0.29, 0.717) is 6.07 Å². The summed E-state index contributed by atoms with van der Waals surface area (Å²) in [4.78, 5) is 41.4. The third-order valence-electron chi connectivity index (χ3n) is 5.16. The average Bonchev–Trinajstić information content (AvgIpc) is 3.34. The van der Waals surface area contributed by atoms with Gasteiger partial charge < -0.3 is 5.32 Å². The first-order chi connectivity index (χ1) is 15.9. The van der Waals surface area contributed by atoms with Crippen LogP contribution >= 0.6 is 11.3 Å². The lowest BCUT2D eigenvalue weighted by atomic mass is 10.1. The molecule has 0 saturated heterocycles. The van der Waals surface area contributed by atoms with Gasteiger partial charge in [-0.3, -0.25) is 23.4 Å². The molecule has 0 unspecified atom stereocenters. The molecule has 34 heavy (non-hydrogen) atoms. The number of fused-ring (bicyclic) bond motifs is 1. The van der Waals surface area contributed by atoms with Crippen LogP contribution in [0.2, 0.25) is 0 Å². The summed E-state index contributed by atoms with van der Waals surface area (Å²) in [6.07, 6.45) is -5.01. The lowest BCUT2D eigenvalue weighted by molar-refractivity contribution is -0.137. The molecule has 4 rings (SSSR count). The van der Waals surface area contributed by atoms with E-state index in [4.69, 9.17) is 0 Å². The smallest absolute Gasteiger partial charge is 0.302 e. The Hall–Kier alpha value is -3.81. The Balaban J connectivity index is 1.60. The molecule has 0 fully saturated rings. The number of alkyl halides is 3. The summed E-state index contributed by atoms with van der Waals surface area (Å²) in [5, 5.41) is 8.25. The van der Waals surface area contributed by atoms with Crippen molar-refractivity contribution in [1.82, 2.24) is 23.9 Å². The minimum Gasteiger partial charge on any atom is -0.302 e. The number of anilines is 1. The van der Waals surface area contributed by atoms with Crippen LogP contribution in [0.3, 0.4) is 0 Å². The quantitative estimate of drug-likeness (QED) is 0.437. The molecule has 0 spiro atoms. The zero-order chi connectivity index (χ0) is 24.9. The molecule has 14 heteroatoms. The Kier molecular flexibility index (Phi) is 5.63. The topological polar surface area (TPSA) is 104 Å². The normalized spacial score (nSPS) is 11.9. The summed E-state index contributed by atoms with van der Waals surface area (Å²) in [6.45, 7) is 0. The van der Waals surface area contributed by atoms with Crippen molar-refractivity contribution in [2.45, 2.75) is 12.6 Å². The standard InChI is InChI=1S/C20H16F4N6O3S/c1-28-16-15(17(32)29(2)19(28)33)13(30(3)27-16)7-14(31)26-18-25-12(8-34-18)9-4-10(20(22,23)24)6-11(21)5-9/h4-6,8H,7H2,1-3H3,(H,25,26,31). The minimum atomic E-state index is -4.73. The second kappa shape index (κ2) is 8.20. The highest BCUT2D eigenvalue weighted by molar-refractivity contribution is 7.14. The Morgan fingerprint density at radius 2 is 1.82 bits per heavy atom. The summed E-state index contributed by atoms with van der Waals surface area (Å²) in [7, 11) is 4.29. The number of halogens is 4. The molecule has 178 valence electrons. The largest absolute Gasteiger partial charge is 0.416 e. The van der Waals surface area contributed by atoms with Gasteiger partial charge in [-0.1, -0.05) is 0 Å². The van der Waals surface area contributed by atoms with Gasteiger partial charge in [0.05, 0.1) is 23.4 Å². The zero-order valence-electron chi connectivity index (χ0n) is 17.9. The molecule has 1 N–H and O–H groups in total. The van der Waals surface area contributed by atoms with Crippen LogP contribution in [0.4, 0.5) is 22.7 Å². The van der Waals surface area contributed by atoms with Gasteiger partial charge in [0.15, 0.2) is 10.8 Å². The van der Waals surface area contributed by atoms with Gasteiger partial charge in [0.1, 0.15) is 11.2 Å².